The molecule has 0 spiro atoms. The number of thiazole rings is 1. The number of aryl methyl sites for hydroxylation is 1. The SMILES string of the molecule is Cn1nnnc1Sc1cnc(NC(=O)Nc2ccncc2C(=O)C2CCCC2)s1. The Kier molecular flexibility index (Phi) is 5.81. The molecule has 2 N–H and O–H groups in total. The number of nitrogens with zero attached hydrogens (tertiary/aromatic N) is 6. The normalized spacial score (nSPS) is 14.1. The maximum absolute atomic E-state index is 12.7. The zero-order valence-electron chi connectivity index (χ0n) is 15.5. The van der Waals surface area contributed by atoms with Gasteiger partial charge in [-0.05, 0) is 41.1 Å². The van der Waals surface area contributed by atoms with Crippen molar-refractivity contribution in [3.05, 3.63) is 30.2 Å². The number of carbonyl (C=O) groups excluding carboxylic acids is 2. The Hall–Kier alpha value is -2.86. The summed E-state index contributed by atoms with van der Waals surface area (Å²) in [5.41, 5.74) is 0.894. The van der Waals surface area contributed by atoms with Gasteiger partial charge in [-0.15, -0.1) is 5.10 Å². The topological polar surface area (TPSA) is 128 Å². The van der Waals surface area contributed by atoms with E-state index in [0.29, 0.717) is 21.5 Å². The second-order valence-corrected chi connectivity index (χ2v) is 8.82. The summed E-state index contributed by atoms with van der Waals surface area (Å²) in [6.07, 6.45) is 8.61. The Bertz CT molecular complexity index is 1030. The van der Waals surface area contributed by atoms with Crippen molar-refractivity contribution >= 4 is 45.7 Å². The number of hydrogen-bond donors (Lipinski definition) is 2. The van der Waals surface area contributed by atoms with Crippen molar-refractivity contribution in [3.8, 4) is 0 Å². The molecule has 2 amide bonds. The molecule has 12 heteroatoms. The Morgan fingerprint density at radius 3 is 2.83 bits per heavy atom. The van der Waals surface area contributed by atoms with Gasteiger partial charge in [0, 0.05) is 25.4 Å². The fraction of sp³-hybridized carbons (Fsp3) is 0.353. The fourth-order valence-corrected chi connectivity index (χ4v) is 4.82. The first-order valence-electron chi connectivity index (χ1n) is 9.02. The average molecular weight is 431 g/mol. The van der Waals surface area contributed by atoms with E-state index in [0.717, 1.165) is 29.9 Å². The molecule has 1 saturated carbocycles. The van der Waals surface area contributed by atoms with E-state index < -0.39 is 6.03 Å². The van der Waals surface area contributed by atoms with E-state index >= 15 is 0 Å². The lowest BCUT2D eigenvalue weighted by Crippen LogP contribution is -2.22. The van der Waals surface area contributed by atoms with E-state index in [1.807, 2.05) is 0 Å². The molecule has 29 heavy (non-hydrogen) atoms. The molecule has 1 aliphatic rings. The standard InChI is InChI=1S/C17H18N8O2S2/c1-25-17(22-23-24-25)29-13-9-19-16(28-13)21-15(27)20-12-6-7-18-8-11(12)14(26)10-4-2-3-5-10/h6-10H,2-5H2,1H3,(H2,18,19,20,21,27). The van der Waals surface area contributed by atoms with Gasteiger partial charge in [-0.25, -0.2) is 14.5 Å². The zero-order chi connectivity index (χ0) is 20.2. The third kappa shape index (κ3) is 4.59. The molecule has 1 aliphatic carbocycles. The summed E-state index contributed by atoms with van der Waals surface area (Å²) in [6.45, 7) is 0. The minimum Gasteiger partial charge on any atom is -0.307 e. The van der Waals surface area contributed by atoms with Gasteiger partial charge in [0.15, 0.2) is 10.9 Å². The second-order valence-electron chi connectivity index (χ2n) is 6.52. The highest BCUT2D eigenvalue weighted by atomic mass is 32.2. The summed E-state index contributed by atoms with van der Waals surface area (Å²) in [7, 11) is 1.75. The molecule has 3 aromatic rings. The molecule has 10 nitrogen and oxygen atoms in total. The molecule has 4 rings (SSSR count). The van der Waals surface area contributed by atoms with Gasteiger partial charge in [0.2, 0.25) is 5.16 Å². The van der Waals surface area contributed by atoms with Crippen molar-refractivity contribution in [3.63, 3.8) is 0 Å². The van der Waals surface area contributed by atoms with Crippen LogP contribution in [0.2, 0.25) is 0 Å². The van der Waals surface area contributed by atoms with Crippen LogP contribution < -0.4 is 10.6 Å². The molecule has 3 heterocycles. The van der Waals surface area contributed by atoms with Crippen molar-refractivity contribution in [2.24, 2.45) is 13.0 Å². The summed E-state index contributed by atoms with van der Waals surface area (Å²) >= 11 is 2.65. The van der Waals surface area contributed by atoms with Crippen molar-refractivity contribution in [2.45, 2.75) is 35.0 Å². The first kappa shape index (κ1) is 19.5. The molecule has 1 fully saturated rings. The van der Waals surface area contributed by atoms with Crippen LogP contribution in [0.3, 0.4) is 0 Å². The van der Waals surface area contributed by atoms with E-state index in [2.05, 4.69) is 36.1 Å². The minimum absolute atomic E-state index is 0.0106. The van der Waals surface area contributed by atoms with Crippen LogP contribution in [-0.4, -0.2) is 42.0 Å². The third-order valence-electron chi connectivity index (χ3n) is 4.54. The van der Waals surface area contributed by atoms with Gasteiger partial charge in [-0.2, -0.15) is 0 Å². The highest BCUT2D eigenvalue weighted by Crippen LogP contribution is 2.33. The molecule has 0 saturated heterocycles. The number of ketones is 1. The molecule has 150 valence electrons. The van der Waals surface area contributed by atoms with Crippen LogP contribution in [0, 0.1) is 5.92 Å². The van der Waals surface area contributed by atoms with Crippen LogP contribution in [0.25, 0.3) is 0 Å². The fourth-order valence-electron chi connectivity index (χ4n) is 3.12. The summed E-state index contributed by atoms with van der Waals surface area (Å²) < 4.78 is 2.38. The van der Waals surface area contributed by atoms with Crippen molar-refractivity contribution in [2.75, 3.05) is 10.6 Å². The predicted molar refractivity (Wildman–Crippen MR) is 108 cm³/mol. The second kappa shape index (κ2) is 8.66. The highest BCUT2D eigenvalue weighted by molar-refractivity contribution is 8.01. The molecule has 3 aromatic heterocycles. The van der Waals surface area contributed by atoms with Gasteiger partial charge >= 0.3 is 6.03 Å². The van der Waals surface area contributed by atoms with Crippen LogP contribution >= 0.6 is 23.1 Å². The van der Waals surface area contributed by atoms with Gasteiger partial charge in [0.05, 0.1) is 21.7 Å². The highest BCUT2D eigenvalue weighted by Gasteiger charge is 2.26. The first-order valence-corrected chi connectivity index (χ1v) is 10.7. The van der Waals surface area contributed by atoms with Crippen LogP contribution in [0.1, 0.15) is 36.0 Å². The van der Waals surface area contributed by atoms with E-state index in [1.54, 1.807) is 30.2 Å². The number of rotatable bonds is 6. The average Bonchev–Trinajstić information content (AvgIpc) is 3.46. The number of urea groups is 1. The number of pyridine rings is 1. The lowest BCUT2D eigenvalue weighted by Gasteiger charge is -2.13. The summed E-state index contributed by atoms with van der Waals surface area (Å²) in [4.78, 5) is 33.4. The number of amides is 2. The molecular formula is C17H18N8O2S2. The Labute approximate surface area is 174 Å². The van der Waals surface area contributed by atoms with Gasteiger partial charge < -0.3 is 5.32 Å². The first-order chi connectivity index (χ1) is 14.1. The quantitative estimate of drug-likeness (QED) is 0.571. The maximum Gasteiger partial charge on any atom is 0.325 e. The molecule has 0 bridgehead atoms. The van der Waals surface area contributed by atoms with E-state index in [9.17, 15) is 9.59 Å². The van der Waals surface area contributed by atoms with Gasteiger partial charge in [-0.3, -0.25) is 15.1 Å². The minimum atomic E-state index is -0.470. The van der Waals surface area contributed by atoms with Crippen LogP contribution in [0.15, 0.2) is 34.0 Å². The number of hydrogen-bond acceptors (Lipinski definition) is 9. The van der Waals surface area contributed by atoms with Crippen molar-refractivity contribution in [1.82, 2.24) is 30.2 Å². The Morgan fingerprint density at radius 2 is 2.07 bits per heavy atom. The Morgan fingerprint density at radius 1 is 1.24 bits per heavy atom. The smallest absolute Gasteiger partial charge is 0.307 e. The van der Waals surface area contributed by atoms with E-state index in [4.69, 9.17) is 0 Å². The summed E-state index contributed by atoms with van der Waals surface area (Å²) in [6, 6.07) is 1.16. The van der Waals surface area contributed by atoms with E-state index in [-0.39, 0.29) is 11.7 Å². The lowest BCUT2D eigenvalue weighted by atomic mass is 9.96. The van der Waals surface area contributed by atoms with E-state index in [1.165, 1.54) is 29.3 Å². The van der Waals surface area contributed by atoms with Crippen LogP contribution in [-0.2, 0) is 7.05 Å². The number of anilines is 2. The monoisotopic (exact) mass is 430 g/mol. The molecule has 0 unspecified atom stereocenters. The molecule has 0 radical (unpaired) electrons. The van der Waals surface area contributed by atoms with Crippen LogP contribution in [0.5, 0.6) is 0 Å². The molecule has 0 aromatic carbocycles. The lowest BCUT2D eigenvalue weighted by molar-refractivity contribution is 0.0923. The number of Topliss-reactive ketones (excluding diaryl/α,β-unsaturated/α-hetero) is 1. The molecule has 0 atom stereocenters. The predicted octanol–water partition coefficient (Wildman–Crippen LogP) is 3.23. The number of carbonyl (C=O) groups is 2. The van der Waals surface area contributed by atoms with Gasteiger partial charge in [-0.1, -0.05) is 24.2 Å². The number of aromatic nitrogens is 6. The van der Waals surface area contributed by atoms with Crippen molar-refractivity contribution < 1.29 is 9.59 Å². The van der Waals surface area contributed by atoms with Gasteiger partial charge in [0.25, 0.3) is 0 Å². The van der Waals surface area contributed by atoms with Crippen LogP contribution in [0.4, 0.5) is 15.6 Å². The largest absolute Gasteiger partial charge is 0.325 e. The Balaban J connectivity index is 1.40. The zero-order valence-corrected chi connectivity index (χ0v) is 17.2. The summed E-state index contributed by atoms with van der Waals surface area (Å²) in [5.74, 6) is 0.0487. The van der Waals surface area contributed by atoms with Crippen molar-refractivity contribution in [1.29, 1.82) is 0 Å². The molecule has 0 aliphatic heterocycles. The maximum atomic E-state index is 12.7. The van der Waals surface area contributed by atoms with Gasteiger partial charge in [0.1, 0.15) is 0 Å². The number of tetrazole rings is 1. The summed E-state index contributed by atoms with van der Waals surface area (Å²) in [5, 5.41) is 17.7. The molecular weight excluding hydrogens is 412 g/mol. The number of nitrogens with one attached hydrogen (secondary N) is 2. The third-order valence-corrected chi connectivity index (χ3v) is 6.58.